The molecule has 2 aliphatic rings. The van der Waals surface area contributed by atoms with E-state index in [-0.39, 0.29) is 5.41 Å². The van der Waals surface area contributed by atoms with E-state index in [1.807, 2.05) is 24.3 Å². The van der Waals surface area contributed by atoms with Gasteiger partial charge >= 0.3 is 0 Å². The van der Waals surface area contributed by atoms with Crippen LogP contribution in [0.1, 0.15) is 43.2 Å². The molecule has 2 heteroatoms. The van der Waals surface area contributed by atoms with E-state index < -0.39 is 0 Å². The minimum atomic E-state index is 0.164. The molecule has 1 saturated carbocycles. The van der Waals surface area contributed by atoms with E-state index in [0.29, 0.717) is 0 Å². The van der Waals surface area contributed by atoms with E-state index in [1.54, 1.807) is 0 Å². The first-order valence-electron chi connectivity index (χ1n) is 19.3. The van der Waals surface area contributed by atoms with Crippen molar-refractivity contribution >= 4 is 0 Å². The SMILES string of the molecule is c1ccc(-c2cc(-c3ccc(-c4ccccc4)c(-c4cccc(-c5ccc6c(c5)-c5ccccc5C65CCCCC5)c4)c3)nc(-c3ccccc3)n2)cc1. The first kappa shape index (κ1) is 32.3. The Morgan fingerprint density at radius 2 is 0.870 bits per heavy atom. The highest BCUT2D eigenvalue weighted by molar-refractivity contribution is 5.90. The van der Waals surface area contributed by atoms with E-state index in [4.69, 9.17) is 9.97 Å². The van der Waals surface area contributed by atoms with Crippen LogP contribution in [0, 0.1) is 0 Å². The number of hydrogen-bond acceptors (Lipinski definition) is 2. The number of nitrogens with zero attached hydrogens (tertiary/aromatic N) is 2. The van der Waals surface area contributed by atoms with Gasteiger partial charge in [-0.15, -0.1) is 0 Å². The number of aromatic nitrogens is 2. The minimum Gasteiger partial charge on any atom is -0.228 e. The molecule has 258 valence electrons. The van der Waals surface area contributed by atoms with Crippen molar-refractivity contribution in [2.45, 2.75) is 37.5 Å². The molecule has 2 nitrogen and oxygen atoms in total. The average Bonchev–Trinajstić information content (AvgIpc) is 3.52. The monoisotopic (exact) mass is 692 g/mol. The zero-order chi connectivity index (χ0) is 35.9. The molecule has 0 aliphatic heterocycles. The summed E-state index contributed by atoms with van der Waals surface area (Å²) in [5.41, 5.74) is 18.2. The van der Waals surface area contributed by atoms with Crippen LogP contribution in [0.5, 0.6) is 0 Å². The number of fused-ring (bicyclic) bond motifs is 5. The molecule has 0 atom stereocenters. The van der Waals surface area contributed by atoms with Crippen LogP contribution >= 0.6 is 0 Å². The molecule has 0 bridgehead atoms. The largest absolute Gasteiger partial charge is 0.228 e. The van der Waals surface area contributed by atoms with Gasteiger partial charge in [0.15, 0.2) is 5.82 Å². The molecule has 0 saturated heterocycles. The van der Waals surface area contributed by atoms with Crippen molar-refractivity contribution in [1.82, 2.24) is 9.97 Å². The zero-order valence-corrected chi connectivity index (χ0v) is 30.3. The van der Waals surface area contributed by atoms with E-state index >= 15 is 0 Å². The van der Waals surface area contributed by atoms with Crippen molar-refractivity contribution in [3.05, 3.63) is 193 Å². The second kappa shape index (κ2) is 13.5. The molecule has 0 unspecified atom stereocenters. The van der Waals surface area contributed by atoms with E-state index in [2.05, 4.69) is 158 Å². The maximum Gasteiger partial charge on any atom is 0.160 e. The van der Waals surface area contributed by atoms with Gasteiger partial charge in [-0.05, 0) is 92.7 Å². The maximum absolute atomic E-state index is 5.18. The summed E-state index contributed by atoms with van der Waals surface area (Å²) >= 11 is 0. The predicted octanol–water partition coefficient (Wildman–Crippen LogP) is 13.7. The Hall–Kier alpha value is -6.38. The molecule has 2 aliphatic carbocycles. The summed E-state index contributed by atoms with van der Waals surface area (Å²) < 4.78 is 0. The van der Waals surface area contributed by atoms with Crippen LogP contribution < -0.4 is 0 Å². The molecule has 0 amide bonds. The zero-order valence-electron chi connectivity index (χ0n) is 30.3. The fourth-order valence-corrected chi connectivity index (χ4v) is 9.08. The second-order valence-electron chi connectivity index (χ2n) is 14.8. The fourth-order valence-electron chi connectivity index (χ4n) is 9.08. The van der Waals surface area contributed by atoms with E-state index in [0.717, 1.165) is 33.9 Å². The standard InChI is InChI=1S/C52H40N2/c1-5-16-36(17-6-1)43-28-26-42(50-35-49(37-18-7-2-8-19-37)53-51(54-50)38-20-9-3-10-21-38)34-45(43)41-23-15-22-39(32-41)40-27-29-48-46(33-40)44-24-11-12-25-47(44)52(48)30-13-4-14-31-52/h1-3,5-12,15-29,32-35H,4,13-14,30-31H2. The third-order valence-corrected chi connectivity index (χ3v) is 11.7. The molecular formula is C52H40N2. The summed E-state index contributed by atoms with van der Waals surface area (Å²) in [4.78, 5) is 10.2. The molecule has 1 spiro atoms. The third kappa shape index (κ3) is 5.67. The van der Waals surface area contributed by atoms with Crippen molar-refractivity contribution in [3.63, 3.8) is 0 Å². The number of benzene rings is 7. The lowest BCUT2D eigenvalue weighted by molar-refractivity contribution is 0.353. The van der Waals surface area contributed by atoms with Gasteiger partial charge in [0.05, 0.1) is 11.4 Å². The Kier molecular flexibility index (Phi) is 8.10. The molecule has 54 heavy (non-hydrogen) atoms. The van der Waals surface area contributed by atoms with Crippen molar-refractivity contribution in [2.75, 3.05) is 0 Å². The van der Waals surface area contributed by atoms with Gasteiger partial charge < -0.3 is 0 Å². The quantitative estimate of drug-likeness (QED) is 0.173. The van der Waals surface area contributed by atoms with Crippen LogP contribution in [0.4, 0.5) is 0 Å². The first-order valence-corrected chi connectivity index (χ1v) is 19.3. The summed E-state index contributed by atoms with van der Waals surface area (Å²) in [6.45, 7) is 0. The predicted molar refractivity (Wildman–Crippen MR) is 224 cm³/mol. The average molecular weight is 693 g/mol. The summed E-state index contributed by atoms with van der Waals surface area (Å²) in [7, 11) is 0. The van der Waals surface area contributed by atoms with Gasteiger partial charge in [-0.25, -0.2) is 9.97 Å². The van der Waals surface area contributed by atoms with Crippen LogP contribution in [-0.2, 0) is 5.41 Å². The molecule has 0 radical (unpaired) electrons. The van der Waals surface area contributed by atoms with Gasteiger partial charge in [-0.3, -0.25) is 0 Å². The highest BCUT2D eigenvalue weighted by Crippen LogP contribution is 2.56. The van der Waals surface area contributed by atoms with Crippen molar-refractivity contribution < 1.29 is 0 Å². The van der Waals surface area contributed by atoms with Gasteiger partial charge in [0.1, 0.15) is 0 Å². The van der Waals surface area contributed by atoms with Crippen LogP contribution in [-0.4, -0.2) is 9.97 Å². The lowest BCUT2D eigenvalue weighted by atomic mass is 9.68. The third-order valence-electron chi connectivity index (χ3n) is 11.7. The summed E-state index contributed by atoms with van der Waals surface area (Å²) in [6, 6.07) is 65.8. The van der Waals surface area contributed by atoms with Crippen LogP contribution in [0.2, 0.25) is 0 Å². The normalized spacial score (nSPS) is 14.1. The smallest absolute Gasteiger partial charge is 0.160 e. The van der Waals surface area contributed by atoms with Gasteiger partial charge in [-0.2, -0.15) is 0 Å². The Balaban J connectivity index is 1.11. The van der Waals surface area contributed by atoms with Gasteiger partial charge in [0.25, 0.3) is 0 Å². The highest BCUT2D eigenvalue weighted by atomic mass is 14.9. The lowest BCUT2D eigenvalue weighted by Gasteiger charge is -2.36. The van der Waals surface area contributed by atoms with E-state index in [9.17, 15) is 0 Å². The summed E-state index contributed by atoms with van der Waals surface area (Å²) in [6.07, 6.45) is 6.44. The van der Waals surface area contributed by atoms with E-state index in [1.165, 1.54) is 87.7 Å². The molecule has 10 rings (SSSR count). The number of hydrogen-bond donors (Lipinski definition) is 0. The number of rotatable bonds is 6. The fraction of sp³-hybridized carbons (Fsp3) is 0.115. The second-order valence-corrected chi connectivity index (χ2v) is 14.8. The Morgan fingerprint density at radius 3 is 1.63 bits per heavy atom. The summed E-state index contributed by atoms with van der Waals surface area (Å²) in [5.74, 6) is 0.718. The molecule has 1 fully saturated rings. The van der Waals surface area contributed by atoms with Gasteiger partial charge in [0.2, 0.25) is 0 Å². The molecule has 8 aromatic rings. The van der Waals surface area contributed by atoms with Crippen molar-refractivity contribution in [3.8, 4) is 78.4 Å². The topological polar surface area (TPSA) is 25.8 Å². The first-order chi connectivity index (χ1) is 26.7. The Bertz CT molecular complexity index is 2560. The maximum atomic E-state index is 5.18. The Labute approximate surface area is 317 Å². The highest BCUT2D eigenvalue weighted by Gasteiger charge is 2.43. The molecular weight excluding hydrogens is 653 g/mol. The molecule has 0 N–H and O–H groups in total. The van der Waals surface area contributed by atoms with Crippen LogP contribution in [0.3, 0.4) is 0 Å². The molecule has 1 heterocycles. The Morgan fingerprint density at radius 1 is 0.315 bits per heavy atom. The van der Waals surface area contributed by atoms with Gasteiger partial charge in [0, 0.05) is 22.1 Å². The lowest BCUT2D eigenvalue weighted by Crippen LogP contribution is -2.27. The summed E-state index contributed by atoms with van der Waals surface area (Å²) in [5, 5.41) is 0. The minimum absolute atomic E-state index is 0.164. The molecule has 7 aromatic carbocycles. The van der Waals surface area contributed by atoms with Crippen molar-refractivity contribution in [1.29, 1.82) is 0 Å². The molecule has 1 aromatic heterocycles. The van der Waals surface area contributed by atoms with Crippen LogP contribution in [0.25, 0.3) is 78.4 Å². The van der Waals surface area contributed by atoms with Crippen LogP contribution in [0.15, 0.2) is 182 Å². The van der Waals surface area contributed by atoms with Gasteiger partial charge in [-0.1, -0.05) is 177 Å². The van der Waals surface area contributed by atoms with Crippen molar-refractivity contribution in [2.24, 2.45) is 0 Å².